The molecule has 2 rings (SSSR count). The van der Waals surface area contributed by atoms with Gasteiger partial charge in [0.1, 0.15) is 5.75 Å². The van der Waals surface area contributed by atoms with Crippen LogP contribution >= 0.6 is 0 Å². The van der Waals surface area contributed by atoms with Crippen molar-refractivity contribution in [3.63, 3.8) is 0 Å². The van der Waals surface area contributed by atoms with Crippen LogP contribution in [0.2, 0.25) is 0 Å². The third kappa shape index (κ3) is 2.61. The summed E-state index contributed by atoms with van der Waals surface area (Å²) in [7, 11) is 0. The van der Waals surface area contributed by atoms with E-state index in [0.29, 0.717) is 24.6 Å². The van der Waals surface area contributed by atoms with Crippen molar-refractivity contribution in [2.45, 2.75) is 39.3 Å². The van der Waals surface area contributed by atoms with Crippen molar-refractivity contribution < 1.29 is 4.74 Å². The van der Waals surface area contributed by atoms with Crippen molar-refractivity contribution in [1.82, 2.24) is 0 Å². The van der Waals surface area contributed by atoms with Gasteiger partial charge in [0, 0.05) is 24.3 Å². The molecule has 0 amide bonds. The largest absolute Gasteiger partial charge is 0.494 e. The lowest BCUT2D eigenvalue weighted by Gasteiger charge is -2.42. The van der Waals surface area contributed by atoms with Gasteiger partial charge in [-0.3, -0.25) is 0 Å². The molecule has 0 aromatic heterocycles. The lowest BCUT2D eigenvalue weighted by Crippen LogP contribution is -2.51. The molecule has 0 radical (unpaired) electrons. The highest BCUT2D eigenvalue weighted by Gasteiger charge is 2.30. The summed E-state index contributed by atoms with van der Waals surface area (Å²) >= 11 is 0. The number of hydrogen-bond donors (Lipinski definition) is 1. The Hall–Kier alpha value is -1.22. The first-order valence-corrected chi connectivity index (χ1v) is 6.88. The number of nitrogens with two attached hydrogens (primary N) is 1. The molecule has 1 aliphatic heterocycles. The minimum absolute atomic E-state index is 0.332. The molecule has 0 bridgehead atoms. The van der Waals surface area contributed by atoms with Crippen molar-refractivity contribution in [2.24, 2.45) is 11.7 Å². The Morgan fingerprint density at radius 1 is 1.28 bits per heavy atom. The zero-order valence-electron chi connectivity index (χ0n) is 11.6. The summed E-state index contributed by atoms with van der Waals surface area (Å²) in [4.78, 5) is 2.45. The summed E-state index contributed by atoms with van der Waals surface area (Å²) in [6.45, 7) is 8.27. The topological polar surface area (TPSA) is 38.5 Å². The van der Waals surface area contributed by atoms with Crippen LogP contribution in [0.25, 0.3) is 0 Å². The first-order valence-electron chi connectivity index (χ1n) is 6.88. The van der Waals surface area contributed by atoms with E-state index in [9.17, 15) is 0 Å². The Kier molecular flexibility index (Phi) is 4.12. The predicted molar refractivity (Wildman–Crippen MR) is 76.2 cm³/mol. The van der Waals surface area contributed by atoms with E-state index >= 15 is 0 Å². The normalized spacial score (nSPS) is 28.2. The molecule has 3 nitrogen and oxygen atoms in total. The van der Waals surface area contributed by atoms with E-state index in [1.807, 2.05) is 19.1 Å². The number of rotatable bonds is 3. The molecule has 1 aliphatic rings. The molecule has 1 aromatic carbocycles. The fourth-order valence-corrected chi connectivity index (χ4v) is 2.66. The van der Waals surface area contributed by atoms with E-state index in [1.54, 1.807) is 0 Å². The van der Waals surface area contributed by atoms with Gasteiger partial charge in [0.15, 0.2) is 0 Å². The van der Waals surface area contributed by atoms with Crippen molar-refractivity contribution in [3.8, 4) is 5.75 Å². The van der Waals surface area contributed by atoms with Crippen LogP contribution in [-0.2, 0) is 0 Å². The predicted octanol–water partition coefficient (Wildman–Crippen LogP) is 2.65. The van der Waals surface area contributed by atoms with Crippen molar-refractivity contribution in [1.29, 1.82) is 0 Å². The van der Waals surface area contributed by atoms with E-state index in [2.05, 4.69) is 30.9 Å². The summed E-state index contributed by atoms with van der Waals surface area (Å²) in [6.07, 6.45) is 1.07. The van der Waals surface area contributed by atoms with Crippen molar-refractivity contribution in [3.05, 3.63) is 24.3 Å². The van der Waals surface area contributed by atoms with Gasteiger partial charge in [0.25, 0.3) is 0 Å². The Morgan fingerprint density at radius 3 is 2.56 bits per heavy atom. The maximum Gasteiger partial charge on any atom is 0.119 e. The molecule has 0 spiro atoms. The first-order chi connectivity index (χ1) is 8.63. The highest BCUT2D eigenvalue weighted by atomic mass is 16.5. The summed E-state index contributed by atoms with van der Waals surface area (Å²) in [5.41, 5.74) is 7.39. The van der Waals surface area contributed by atoms with Gasteiger partial charge < -0.3 is 15.4 Å². The van der Waals surface area contributed by atoms with Gasteiger partial charge in [-0.2, -0.15) is 0 Å². The Balaban J connectivity index is 2.11. The molecule has 3 atom stereocenters. The van der Waals surface area contributed by atoms with Gasteiger partial charge in [-0.1, -0.05) is 6.92 Å². The zero-order valence-corrected chi connectivity index (χ0v) is 11.6. The number of anilines is 1. The third-order valence-corrected chi connectivity index (χ3v) is 4.11. The monoisotopic (exact) mass is 248 g/mol. The van der Waals surface area contributed by atoms with Crippen LogP contribution in [0, 0.1) is 5.92 Å². The second-order valence-corrected chi connectivity index (χ2v) is 5.17. The summed E-state index contributed by atoms with van der Waals surface area (Å²) in [6, 6.07) is 9.21. The average molecular weight is 248 g/mol. The van der Waals surface area contributed by atoms with Crippen LogP contribution in [0.1, 0.15) is 27.2 Å². The van der Waals surface area contributed by atoms with Gasteiger partial charge in [0.2, 0.25) is 0 Å². The smallest absolute Gasteiger partial charge is 0.119 e. The molecule has 0 saturated carbocycles. The standard InChI is InChI=1S/C15H24N2O/c1-4-18-14-7-5-13(6-8-14)17-10-9-15(16)11(2)12(17)3/h5-8,11-12,15H,4,9-10,16H2,1-3H3. The van der Waals surface area contributed by atoms with Crippen LogP contribution in [0.5, 0.6) is 5.75 Å². The molecular formula is C15H24N2O. The van der Waals surface area contributed by atoms with Gasteiger partial charge in [-0.15, -0.1) is 0 Å². The molecule has 3 heteroatoms. The minimum Gasteiger partial charge on any atom is -0.494 e. The van der Waals surface area contributed by atoms with E-state index < -0.39 is 0 Å². The summed E-state index contributed by atoms with van der Waals surface area (Å²) in [5.74, 6) is 1.47. The van der Waals surface area contributed by atoms with Crippen molar-refractivity contribution in [2.75, 3.05) is 18.1 Å². The van der Waals surface area contributed by atoms with E-state index in [-0.39, 0.29) is 0 Å². The lowest BCUT2D eigenvalue weighted by atomic mass is 9.87. The Labute approximate surface area is 110 Å². The molecule has 1 aromatic rings. The molecule has 0 aliphatic carbocycles. The van der Waals surface area contributed by atoms with Crippen LogP contribution in [0.15, 0.2) is 24.3 Å². The highest BCUT2D eigenvalue weighted by Crippen LogP contribution is 2.29. The minimum atomic E-state index is 0.332. The van der Waals surface area contributed by atoms with E-state index in [0.717, 1.165) is 18.7 Å². The molecule has 1 fully saturated rings. The maximum atomic E-state index is 6.13. The second-order valence-electron chi connectivity index (χ2n) is 5.17. The zero-order chi connectivity index (χ0) is 13.1. The van der Waals surface area contributed by atoms with E-state index in [4.69, 9.17) is 10.5 Å². The van der Waals surface area contributed by atoms with Crippen LogP contribution in [0.4, 0.5) is 5.69 Å². The maximum absolute atomic E-state index is 6.13. The van der Waals surface area contributed by atoms with Gasteiger partial charge in [-0.05, 0) is 50.5 Å². The van der Waals surface area contributed by atoms with Crippen LogP contribution < -0.4 is 15.4 Å². The molecular weight excluding hydrogens is 224 g/mol. The SMILES string of the molecule is CCOc1ccc(N2CCC(N)C(C)C2C)cc1. The molecule has 3 unspecified atom stereocenters. The fourth-order valence-electron chi connectivity index (χ4n) is 2.66. The van der Waals surface area contributed by atoms with Gasteiger partial charge in [0.05, 0.1) is 6.61 Å². The number of benzene rings is 1. The number of ether oxygens (including phenoxy) is 1. The number of hydrogen-bond acceptors (Lipinski definition) is 3. The quantitative estimate of drug-likeness (QED) is 0.893. The van der Waals surface area contributed by atoms with Gasteiger partial charge in [-0.25, -0.2) is 0 Å². The average Bonchev–Trinajstić information content (AvgIpc) is 2.38. The van der Waals surface area contributed by atoms with Crippen LogP contribution in [0.3, 0.4) is 0 Å². The lowest BCUT2D eigenvalue weighted by molar-refractivity contribution is 0.315. The molecule has 100 valence electrons. The van der Waals surface area contributed by atoms with Gasteiger partial charge >= 0.3 is 0 Å². The summed E-state index contributed by atoms with van der Waals surface area (Å²) < 4.78 is 5.47. The highest BCUT2D eigenvalue weighted by molar-refractivity contribution is 5.50. The number of piperidine rings is 1. The second kappa shape index (κ2) is 5.61. The molecule has 1 saturated heterocycles. The van der Waals surface area contributed by atoms with E-state index in [1.165, 1.54) is 5.69 Å². The third-order valence-electron chi connectivity index (χ3n) is 4.11. The van der Waals surface area contributed by atoms with Crippen molar-refractivity contribution >= 4 is 5.69 Å². The Morgan fingerprint density at radius 2 is 1.94 bits per heavy atom. The molecule has 18 heavy (non-hydrogen) atoms. The molecule has 1 heterocycles. The number of nitrogens with zero attached hydrogens (tertiary/aromatic N) is 1. The molecule has 2 N–H and O–H groups in total. The summed E-state index contributed by atoms with van der Waals surface area (Å²) in [5, 5.41) is 0. The fraction of sp³-hybridized carbons (Fsp3) is 0.600. The first kappa shape index (κ1) is 13.2. The Bertz CT molecular complexity index is 377. The van der Waals surface area contributed by atoms with Crippen LogP contribution in [-0.4, -0.2) is 25.2 Å².